The van der Waals surface area contributed by atoms with Crippen molar-refractivity contribution in [2.45, 2.75) is 64.6 Å². The molecule has 1 aromatic carbocycles. The van der Waals surface area contributed by atoms with Gasteiger partial charge in [0.05, 0.1) is 30.0 Å². The second kappa shape index (κ2) is 14.4. The van der Waals surface area contributed by atoms with Crippen LogP contribution >= 0.6 is 0 Å². The number of halogens is 1. The van der Waals surface area contributed by atoms with E-state index < -0.39 is 30.4 Å². The summed E-state index contributed by atoms with van der Waals surface area (Å²) in [4.78, 5) is 23.6. The van der Waals surface area contributed by atoms with Gasteiger partial charge in [-0.25, -0.2) is 9.07 Å². The Hall–Kier alpha value is -2.04. The molecule has 8 nitrogen and oxygen atoms in total. The molecule has 0 radical (unpaired) electrons. The van der Waals surface area contributed by atoms with E-state index in [9.17, 15) is 24.2 Å². The molecule has 0 saturated carbocycles. The van der Waals surface area contributed by atoms with Crippen LogP contribution < -0.4 is 34.9 Å². The van der Waals surface area contributed by atoms with Crippen LogP contribution in [0.3, 0.4) is 0 Å². The van der Waals surface area contributed by atoms with Gasteiger partial charge in [-0.3, -0.25) is 9.59 Å². The van der Waals surface area contributed by atoms with Crippen molar-refractivity contribution in [1.29, 1.82) is 0 Å². The van der Waals surface area contributed by atoms with Gasteiger partial charge in [0.15, 0.2) is 5.69 Å². The second-order valence-corrected chi connectivity index (χ2v) is 8.21. The van der Waals surface area contributed by atoms with Crippen LogP contribution in [0, 0.1) is 5.82 Å². The van der Waals surface area contributed by atoms with Gasteiger partial charge in [0, 0.05) is 18.5 Å². The third-order valence-electron chi connectivity index (χ3n) is 5.04. The van der Waals surface area contributed by atoms with E-state index in [0.717, 1.165) is 12.8 Å². The number of aliphatic carboxylic acids is 1. The Kier molecular flexibility index (Phi) is 12.7. The summed E-state index contributed by atoms with van der Waals surface area (Å²) in [6.07, 6.45) is 1.83. The molecule has 1 heterocycles. The molecule has 0 bridgehead atoms. The van der Waals surface area contributed by atoms with Crippen molar-refractivity contribution in [1.82, 2.24) is 15.1 Å². The van der Waals surface area contributed by atoms with Gasteiger partial charge in [0.25, 0.3) is 5.91 Å². The third kappa shape index (κ3) is 8.63. The van der Waals surface area contributed by atoms with Crippen LogP contribution in [0.4, 0.5) is 4.39 Å². The summed E-state index contributed by atoms with van der Waals surface area (Å²) in [7, 11) is 0. The summed E-state index contributed by atoms with van der Waals surface area (Å²) >= 11 is 0. The molecule has 34 heavy (non-hydrogen) atoms. The zero-order valence-corrected chi connectivity index (χ0v) is 22.2. The predicted molar refractivity (Wildman–Crippen MR) is 124 cm³/mol. The first kappa shape index (κ1) is 30.0. The Morgan fingerprint density at radius 2 is 1.88 bits per heavy atom. The Morgan fingerprint density at radius 1 is 1.24 bits per heavy atom. The minimum atomic E-state index is -1.20. The second-order valence-electron chi connectivity index (χ2n) is 8.21. The minimum Gasteiger partial charge on any atom is -1.00 e. The molecule has 0 spiro atoms. The molecule has 0 unspecified atom stereocenters. The van der Waals surface area contributed by atoms with E-state index in [1.165, 1.54) is 35.0 Å². The Morgan fingerprint density at radius 3 is 2.44 bits per heavy atom. The van der Waals surface area contributed by atoms with Gasteiger partial charge in [-0.2, -0.15) is 5.10 Å². The molecule has 0 saturated heterocycles. The number of nitrogens with zero attached hydrogens (tertiary/aromatic N) is 2. The number of hydrogen-bond donors (Lipinski definition) is 4. The molecule has 2 atom stereocenters. The van der Waals surface area contributed by atoms with Crippen LogP contribution in [-0.4, -0.2) is 55.7 Å². The minimum absolute atomic E-state index is 0. The standard InChI is InChI=1S/C24H32FN3O5.Na.H/c1-4-5-12-26-24(33)23-22(15(2)3)20(11-10-18(29)13-19(30)14-21(31)32)28(27-23)17-8-6-16(25)7-9-17;;/h6-11,15,18-19,29-30H,4-5,12-14H2,1-3H3,(H,26,33)(H,31,32);;/q;+1;-1/t18-,19+;;/m0../s1. The van der Waals surface area contributed by atoms with E-state index in [0.29, 0.717) is 23.5 Å². The van der Waals surface area contributed by atoms with E-state index in [4.69, 9.17) is 5.11 Å². The monoisotopic (exact) mass is 485 g/mol. The first-order chi connectivity index (χ1) is 15.6. The summed E-state index contributed by atoms with van der Waals surface area (Å²) in [6, 6.07) is 5.65. The van der Waals surface area contributed by atoms with Gasteiger partial charge in [-0.15, -0.1) is 0 Å². The first-order valence-corrected chi connectivity index (χ1v) is 11.1. The van der Waals surface area contributed by atoms with Crippen LogP contribution in [0.1, 0.15) is 75.5 Å². The van der Waals surface area contributed by atoms with Crippen molar-refractivity contribution < 1.29 is 60.3 Å². The third-order valence-corrected chi connectivity index (χ3v) is 5.04. The molecule has 0 fully saturated rings. The maximum atomic E-state index is 13.5. The summed E-state index contributed by atoms with van der Waals surface area (Å²) in [5, 5.41) is 36.2. The number of rotatable bonds is 12. The number of carboxylic acid groups (broad SMARTS) is 1. The topological polar surface area (TPSA) is 125 Å². The number of benzene rings is 1. The Labute approximate surface area is 222 Å². The normalized spacial score (nSPS) is 13.0. The summed E-state index contributed by atoms with van der Waals surface area (Å²) in [5.74, 6) is -1.98. The number of aliphatic hydroxyl groups excluding tert-OH is 2. The van der Waals surface area contributed by atoms with Crippen LogP contribution in [0.5, 0.6) is 0 Å². The zero-order valence-electron chi connectivity index (χ0n) is 21.2. The number of amides is 1. The molecule has 0 aliphatic rings. The van der Waals surface area contributed by atoms with Gasteiger partial charge in [-0.1, -0.05) is 33.3 Å². The van der Waals surface area contributed by atoms with Crippen molar-refractivity contribution in [3.8, 4) is 5.69 Å². The van der Waals surface area contributed by atoms with Gasteiger partial charge < -0.3 is 22.1 Å². The number of carbonyl (C=O) groups excluding carboxylic acids is 1. The molecule has 1 aromatic heterocycles. The Bertz CT molecular complexity index is 982. The summed E-state index contributed by atoms with van der Waals surface area (Å²) < 4.78 is 15.0. The molecule has 4 N–H and O–H groups in total. The molecule has 0 aliphatic heterocycles. The van der Waals surface area contributed by atoms with E-state index in [-0.39, 0.29) is 54.9 Å². The van der Waals surface area contributed by atoms with Gasteiger partial charge in [0.2, 0.25) is 0 Å². The van der Waals surface area contributed by atoms with Crippen LogP contribution in [0.25, 0.3) is 11.8 Å². The van der Waals surface area contributed by atoms with E-state index in [1.54, 1.807) is 6.08 Å². The molecule has 2 aromatic rings. The fourth-order valence-corrected chi connectivity index (χ4v) is 3.43. The molecule has 182 valence electrons. The quantitative estimate of drug-likeness (QED) is 0.255. The summed E-state index contributed by atoms with van der Waals surface area (Å²) in [5.41, 5.74) is 1.96. The molecular formula is C24H33FN3NaO5. The van der Waals surface area contributed by atoms with Crippen LogP contribution in [-0.2, 0) is 4.79 Å². The van der Waals surface area contributed by atoms with Crippen molar-refractivity contribution in [2.24, 2.45) is 0 Å². The zero-order chi connectivity index (χ0) is 24.5. The predicted octanol–water partition coefficient (Wildman–Crippen LogP) is 0.381. The van der Waals surface area contributed by atoms with Crippen molar-refractivity contribution in [3.05, 3.63) is 53.1 Å². The van der Waals surface area contributed by atoms with Crippen LogP contribution in [0.15, 0.2) is 30.3 Å². The smallest absolute Gasteiger partial charge is 1.00 e. The Balaban J connectivity index is 0.00000578. The van der Waals surface area contributed by atoms with Gasteiger partial charge in [0.1, 0.15) is 5.82 Å². The number of nitrogens with one attached hydrogen (secondary N) is 1. The molecule has 2 rings (SSSR count). The fourth-order valence-electron chi connectivity index (χ4n) is 3.43. The van der Waals surface area contributed by atoms with Crippen molar-refractivity contribution in [2.75, 3.05) is 6.54 Å². The van der Waals surface area contributed by atoms with E-state index in [2.05, 4.69) is 10.4 Å². The number of carbonyl (C=O) groups is 2. The fraction of sp³-hybridized carbons (Fsp3) is 0.458. The number of carboxylic acids is 1. The molecule has 0 aliphatic carbocycles. The largest absolute Gasteiger partial charge is 1.00 e. The van der Waals surface area contributed by atoms with Gasteiger partial charge >= 0.3 is 35.5 Å². The number of hydrogen-bond acceptors (Lipinski definition) is 5. The number of aliphatic hydroxyl groups is 2. The van der Waals surface area contributed by atoms with Crippen molar-refractivity contribution in [3.63, 3.8) is 0 Å². The van der Waals surface area contributed by atoms with Gasteiger partial charge in [-0.05, 0) is 42.7 Å². The van der Waals surface area contributed by atoms with E-state index >= 15 is 0 Å². The molecule has 10 heteroatoms. The maximum absolute atomic E-state index is 13.5. The van der Waals surface area contributed by atoms with E-state index in [1.807, 2.05) is 20.8 Å². The first-order valence-electron chi connectivity index (χ1n) is 11.1. The number of unbranched alkanes of at least 4 members (excludes halogenated alkanes) is 1. The molecule has 1 amide bonds. The van der Waals surface area contributed by atoms with Crippen LogP contribution in [0.2, 0.25) is 0 Å². The van der Waals surface area contributed by atoms with Crippen molar-refractivity contribution >= 4 is 18.0 Å². The SMILES string of the molecule is CCCCNC(=O)c1nn(-c2ccc(F)cc2)c(C=C[C@H](O)C[C@@H](O)CC(=O)O)c1C(C)C.[H-].[Na+]. The average molecular weight is 486 g/mol. The average Bonchev–Trinajstić information content (AvgIpc) is 3.12. The maximum Gasteiger partial charge on any atom is 1.00 e. The molecular weight excluding hydrogens is 452 g/mol. The summed E-state index contributed by atoms with van der Waals surface area (Å²) in [6.45, 7) is 6.37. The number of aromatic nitrogens is 2.